The Morgan fingerprint density at radius 1 is 1.22 bits per heavy atom. The molecule has 5 heteroatoms. The van der Waals surface area contributed by atoms with Crippen molar-refractivity contribution in [3.63, 3.8) is 0 Å². The molecule has 2 heterocycles. The van der Waals surface area contributed by atoms with Gasteiger partial charge in [0.1, 0.15) is 16.0 Å². The van der Waals surface area contributed by atoms with Crippen molar-refractivity contribution >= 4 is 11.3 Å². The molecule has 0 radical (unpaired) electrons. The summed E-state index contributed by atoms with van der Waals surface area (Å²) >= 11 is 1.37. The molecule has 0 unspecified atom stereocenters. The highest BCUT2D eigenvalue weighted by atomic mass is 32.1. The molecule has 0 spiro atoms. The third-order valence-electron chi connectivity index (χ3n) is 2.61. The largest absolute Gasteiger partial charge is 0.490 e. The van der Waals surface area contributed by atoms with Gasteiger partial charge in [-0.25, -0.2) is 4.98 Å². The number of nitriles is 1. The summed E-state index contributed by atoms with van der Waals surface area (Å²) in [5.41, 5.74) is 0.950. The molecular weight excluding hydrogens is 248 g/mol. The molecule has 0 N–H and O–H groups in total. The summed E-state index contributed by atoms with van der Waals surface area (Å²) in [5.74, 6) is 1.52. The summed E-state index contributed by atoms with van der Waals surface area (Å²) in [4.78, 5) is 4.84. The summed E-state index contributed by atoms with van der Waals surface area (Å²) < 4.78 is 11.2. The number of hydrogen-bond acceptors (Lipinski definition) is 5. The predicted molar refractivity (Wildman–Crippen MR) is 67.9 cm³/mol. The van der Waals surface area contributed by atoms with Gasteiger partial charge in [-0.05, 0) is 18.2 Å². The molecule has 0 saturated carbocycles. The summed E-state index contributed by atoms with van der Waals surface area (Å²) in [6.45, 7) is 1.35. The summed E-state index contributed by atoms with van der Waals surface area (Å²) in [5, 5.41) is 9.62. The number of hydrogen-bond donors (Lipinski definition) is 0. The van der Waals surface area contributed by atoms with Crippen LogP contribution in [0.5, 0.6) is 11.5 Å². The Labute approximate surface area is 108 Å². The molecule has 18 heavy (non-hydrogen) atoms. The standard InChI is InChI=1S/C13H10N2O2S/c14-7-10-8-15-13(18-10)9-2-3-11-12(6-9)17-5-1-4-16-11/h2-3,6,8H,1,4-5H2. The van der Waals surface area contributed by atoms with Crippen molar-refractivity contribution in [3.8, 4) is 28.1 Å². The lowest BCUT2D eigenvalue weighted by Gasteiger charge is -2.07. The van der Waals surface area contributed by atoms with E-state index in [1.165, 1.54) is 11.3 Å². The Bertz CT molecular complexity index is 616. The zero-order valence-corrected chi connectivity index (χ0v) is 10.4. The van der Waals surface area contributed by atoms with Crippen LogP contribution in [0.25, 0.3) is 10.6 Å². The quantitative estimate of drug-likeness (QED) is 0.789. The van der Waals surface area contributed by atoms with Crippen molar-refractivity contribution in [2.45, 2.75) is 6.42 Å². The first-order chi connectivity index (χ1) is 8.86. The fourth-order valence-electron chi connectivity index (χ4n) is 1.76. The van der Waals surface area contributed by atoms with Crippen LogP contribution in [-0.4, -0.2) is 18.2 Å². The lowest BCUT2D eigenvalue weighted by Crippen LogP contribution is -1.97. The molecule has 0 saturated heterocycles. The van der Waals surface area contributed by atoms with Gasteiger partial charge >= 0.3 is 0 Å². The molecule has 3 rings (SSSR count). The first-order valence-electron chi connectivity index (χ1n) is 5.63. The van der Waals surface area contributed by atoms with Crippen LogP contribution in [0.2, 0.25) is 0 Å². The predicted octanol–water partition coefficient (Wildman–Crippen LogP) is 2.84. The highest BCUT2D eigenvalue weighted by Crippen LogP contribution is 2.35. The first-order valence-corrected chi connectivity index (χ1v) is 6.44. The van der Waals surface area contributed by atoms with Crippen molar-refractivity contribution in [2.75, 3.05) is 13.2 Å². The van der Waals surface area contributed by atoms with Crippen molar-refractivity contribution in [3.05, 3.63) is 29.3 Å². The van der Waals surface area contributed by atoms with Gasteiger partial charge in [0, 0.05) is 12.0 Å². The van der Waals surface area contributed by atoms with Crippen molar-refractivity contribution in [2.24, 2.45) is 0 Å². The summed E-state index contributed by atoms with van der Waals surface area (Å²) in [7, 11) is 0. The lowest BCUT2D eigenvalue weighted by molar-refractivity contribution is 0.297. The minimum Gasteiger partial charge on any atom is -0.490 e. The minimum absolute atomic E-state index is 0.608. The molecule has 0 bridgehead atoms. The SMILES string of the molecule is N#Cc1cnc(-c2ccc3c(c2)OCCCO3)s1. The molecular formula is C13H10N2O2S. The summed E-state index contributed by atoms with van der Waals surface area (Å²) in [6, 6.07) is 7.84. The number of benzene rings is 1. The average Bonchev–Trinajstić information content (AvgIpc) is 2.76. The molecule has 1 aliphatic heterocycles. The Hall–Kier alpha value is -2.06. The smallest absolute Gasteiger partial charge is 0.161 e. The van der Waals surface area contributed by atoms with Crippen LogP contribution < -0.4 is 9.47 Å². The molecule has 90 valence electrons. The molecule has 0 atom stereocenters. The van der Waals surface area contributed by atoms with Gasteiger partial charge in [0.25, 0.3) is 0 Å². The number of fused-ring (bicyclic) bond motifs is 1. The third-order valence-corrected chi connectivity index (χ3v) is 3.56. The van der Waals surface area contributed by atoms with Gasteiger partial charge in [0.2, 0.25) is 0 Å². The van der Waals surface area contributed by atoms with Gasteiger partial charge in [-0.3, -0.25) is 0 Å². The van der Waals surface area contributed by atoms with Crippen LogP contribution in [0.1, 0.15) is 11.3 Å². The molecule has 0 fully saturated rings. The van der Waals surface area contributed by atoms with E-state index in [9.17, 15) is 0 Å². The average molecular weight is 258 g/mol. The maximum atomic E-state index is 8.80. The third kappa shape index (κ3) is 2.03. The van der Waals surface area contributed by atoms with Gasteiger partial charge in [-0.1, -0.05) is 0 Å². The Morgan fingerprint density at radius 3 is 2.83 bits per heavy atom. The molecule has 2 aromatic rings. The second kappa shape index (κ2) is 4.67. The molecule has 0 amide bonds. The van der Waals surface area contributed by atoms with Crippen LogP contribution in [0.15, 0.2) is 24.4 Å². The molecule has 1 aromatic heterocycles. The van der Waals surface area contributed by atoms with Crippen LogP contribution >= 0.6 is 11.3 Å². The molecule has 0 aliphatic carbocycles. The number of rotatable bonds is 1. The van der Waals surface area contributed by atoms with Gasteiger partial charge in [-0.2, -0.15) is 5.26 Å². The minimum atomic E-state index is 0.608. The normalized spacial score (nSPS) is 13.7. The van der Waals surface area contributed by atoms with E-state index in [2.05, 4.69) is 11.1 Å². The van der Waals surface area contributed by atoms with E-state index in [0.29, 0.717) is 18.1 Å². The number of aromatic nitrogens is 1. The molecule has 4 nitrogen and oxygen atoms in total. The van der Waals surface area contributed by atoms with Crippen LogP contribution in [0, 0.1) is 11.3 Å². The molecule has 1 aliphatic rings. The highest BCUT2D eigenvalue weighted by Gasteiger charge is 2.13. The number of thiazole rings is 1. The van der Waals surface area contributed by atoms with Gasteiger partial charge in [0.05, 0.1) is 19.4 Å². The van der Waals surface area contributed by atoms with E-state index in [1.54, 1.807) is 6.20 Å². The van der Waals surface area contributed by atoms with E-state index < -0.39 is 0 Å². The van der Waals surface area contributed by atoms with E-state index in [-0.39, 0.29) is 0 Å². The Morgan fingerprint density at radius 2 is 2.06 bits per heavy atom. The fraction of sp³-hybridized carbons (Fsp3) is 0.231. The van der Waals surface area contributed by atoms with Crippen molar-refractivity contribution in [1.82, 2.24) is 4.98 Å². The Kier molecular flexibility index (Phi) is 2.87. The van der Waals surface area contributed by atoms with E-state index in [0.717, 1.165) is 28.5 Å². The van der Waals surface area contributed by atoms with Crippen LogP contribution in [-0.2, 0) is 0 Å². The van der Waals surface area contributed by atoms with E-state index in [1.807, 2.05) is 18.2 Å². The highest BCUT2D eigenvalue weighted by molar-refractivity contribution is 7.15. The number of ether oxygens (including phenoxy) is 2. The van der Waals surface area contributed by atoms with Crippen LogP contribution in [0.3, 0.4) is 0 Å². The maximum Gasteiger partial charge on any atom is 0.161 e. The lowest BCUT2D eigenvalue weighted by atomic mass is 10.2. The monoisotopic (exact) mass is 258 g/mol. The Balaban J connectivity index is 1.98. The second-order valence-corrected chi connectivity index (χ2v) is 4.88. The topological polar surface area (TPSA) is 55.1 Å². The van der Waals surface area contributed by atoms with Gasteiger partial charge < -0.3 is 9.47 Å². The second-order valence-electron chi connectivity index (χ2n) is 3.85. The fourth-order valence-corrected chi connectivity index (χ4v) is 2.47. The van der Waals surface area contributed by atoms with Crippen molar-refractivity contribution in [1.29, 1.82) is 5.26 Å². The van der Waals surface area contributed by atoms with E-state index >= 15 is 0 Å². The number of nitrogens with zero attached hydrogens (tertiary/aromatic N) is 2. The zero-order valence-electron chi connectivity index (χ0n) is 9.55. The van der Waals surface area contributed by atoms with E-state index in [4.69, 9.17) is 14.7 Å². The first kappa shape index (κ1) is 11.1. The zero-order chi connectivity index (χ0) is 12.4. The van der Waals surface area contributed by atoms with Gasteiger partial charge in [0.15, 0.2) is 11.5 Å². The molecule has 1 aromatic carbocycles. The van der Waals surface area contributed by atoms with Crippen molar-refractivity contribution < 1.29 is 9.47 Å². The maximum absolute atomic E-state index is 8.80. The van der Waals surface area contributed by atoms with Gasteiger partial charge in [-0.15, -0.1) is 11.3 Å². The summed E-state index contributed by atoms with van der Waals surface area (Å²) in [6.07, 6.45) is 2.48. The van der Waals surface area contributed by atoms with Crippen LogP contribution in [0.4, 0.5) is 0 Å².